The zero-order valence-corrected chi connectivity index (χ0v) is 22.6. The predicted molar refractivity (Wildman–Crippen MR) is 148 cm³/mol. The van der Waals surface area contributed by atoms with Crippen LogP contribution in [0.25, 0.3) is 0 Å². The number of amides is 2. The summed E-state index contributed by atoms with van der Waals surface area (Å²) in [4.78, 5) is 28.6. The second kappa shape index (κ2) is 13.5. The first-order valence-corrected chi connectivity index (χ1v) is 13.2. The molecule has 6 heteroatoms. The van der Waals surface area contributed by atoms with Gasteiger partial charge < -0.3 is 10.2 Å². The molecule has 3 rings (SSSR count). The first kappa shape index (κ1) is 27.8. The van der Waals surface area contributed by atoms with E-state index in [1.165, 1.54) is 5.56 Å². The second-order valence-electron chi connectivity index (χ2n) is 9.27. The van der Waals surface area contributed by atoms with Gasteiger partial charge in [-0.2, -0.15) is 0 Å². The van der Waals surface area contributed by atoms with Crippen molar-refractivity contribution >= 4 is 35.0 Å². The van der Waals surface area contributed by atoms with Gasteiger partial charge >= 0.3 is 0 Å². The highest BCUT2D eigenvalue weighted by molar-refractivity contribution is 6.42. The molecule has 0 bridgehead atoms. The summed E-state index contributed by atoms with van der Waals surface area (Å²) in [5.41, 5.74) is 4.18. The molecular weight excluding hydrogens is 491 g/mol. The van der Waals surface area contributed by atoms with E-state index in [2.05, 4.69) is 43.4 Å². The fourth-order valence-electron chi connectivity index (χ4n) is 4.14. The zero-order valence-electron chi connectivity index (χ0n) is 21.1. The first-order chi connectivity index (χ1) is 17.3. The van der Waals surface area contributed by atoms with Crippen LogP contribution in [0.1, 0.15) is 55.4 Å². The lowest BCUT2D eigenvalue weighted by Gasteiger charge is -2.31. The molecule has 0 saturated carbocycles. The van der Waals surface area contributed by atoms with E-state index >= 15 is 0 Å². The lowest BCUT2D eigenvalue weighted by molar-refractivity contribution is -0.141. The second-order valence-corrected chi connectivity index (χ2v) is 10.1. The molecule has 0 radical (unpaired) electrons. The van der Waals surface area contributed by atoms with E-state index in [9.17, 15) is 9.59 Å². The summed E-state index contributed by atoms with van der Waals surface area (Å²) in [5, 5.41) is 3.79. The van der Waals surface area contributed by atoms with Crippen LogP contribution >= 0.6 is 23.2 Å². The third-order valence-corrected chi connectivity index (χ3v) is 6.97. The molecule has 2 amide bonds. The van der Waals surface area contributed by atoms with Gasteiger partial charge in [0.25, 0.3) is 0 Å². The van der Waals surface area contributed by atoms with Crippen LogP contribution in [-0.2, 0) is 29.0 Å². The van der Waals surface area contributed by atoms with E-state index in [-0.39, 0.29) is 18.4 Å². The van der Waals surface area contributed by atoms with E-state index in [1.807, 2.05) is 43.3 Å². The number of halogens is 2. The van der Waals surface area contributed by atoms with Crippen LogP contribution in [0.4, 0.5) is 0 Å². The number of aryl methyl sites for hydroxylation is 1. The Bertz CT molecular complexity index is 1150. The Morgan fingerprint density at radius 3 is 2.14 bits per heavy atom. The first-order valence-electron chi connectivity index (χ1n) is 12.4. The minimum absolute atomic E-state index is 0.0822. The molecule has 0 heterocycles. The molecule has 36 heavy (non-hydrogen) atoms. The Morgan fingerprint density at radius 2 is 1.53 bits per heavy atom. The molecule has 190 valence electrons. The molecule has 3 aromatic carbocycles. The van der Waals surface area contributed by atoms with Crippen LogP contribution in [0.2, 0.25) is 10.0 Å². The maximum atomic E-state index is 13.7. The van der Waals surface area contributed by atoms with E-state index in [0.29, 0.717) is 41.8 Å². The van der Waals surface area contributed by atoms with Crippen molar-refractivity contribution in [2.24, 2.45) is 0 Å². The number of benzene rings is 3. The highest BCUT2D eigenvalue weighted by Gasteiger charge is 2.30. The summed E-state index contributed by atoms with van der Waals surface area (Å²) >= 11 is 12.4. The van der Waals surface area contributed by atoms with Gasteiger partial charge in [0.1, 0.15) is 6.04 Å². The number of likely N-dealkylation sites (N-methyl/N-ethyl adjacent to an activating group) is 1. The zero-order chi connectivity index (χ0) is 26.1. The molecule has 0 unspecified atom stereocenters. The standard InChI is InChI=1S/C30H34Cl2N2O2/c1-4-33-30(36)28(19-23-8-6-5-7-9-23)34(20-24-12-16-26(31)27(32)18-24)29(35)17-13-22-10-14-25(15-11-22)21(2)3/h5-12,14-16,18,21,28H,4,13,17,19-20H2,1-3H3,(H,33,36)/t28-/m1/s1. The van der Waals surface area contributed by atoms with Crippen molar-refractivity contribution in [1.82, 2.24) is 10.2 Å². The summed E-state index contributed by atoms with van der Waals surface area (Å²) in [6.07, 6.45) is 1.32. The van der Waals surface area contributed by atoms with Gasteiger partial charge in [-0.1, -0.05) is 97.7 Å². The fraction of sp³-hybridized carbons (Fsp3) is 0.333. The molecule has 4 nitrogen and oxygen atoms in total. The number of hydrogen-bond acceptors (Lipinski definition) is 2. The molecule has 0 aliphatic heterocycles. The largest absolute Gasteiger partial charge is 0.355 e. The minimum Gasteiger partial charge on any atom is -0.355 e. The average molecular weight is 526 g/mol. The Balaban J connectivity index is 1.88. The van der Waals surface area contributed by atoms with E-state index in [0.717, 1.165) is 16.7 Å². The predicted octanol–water partition coefficient (Wildman–Crippen LogP) is 6.83. The summed E-state index contributed by atoms with van der Waals surface area (Å²) < 4.78 is 0. The Kier molecular flexibility index (Phi) is 10.4. The van der Waals surface area contributed by atoms with Crippen molar-refractivity contribution in [3.05, 3.63) is 105 Å². The highest BCUT2D eigenvalue weighted by atomic mass is 35.5. The van der Waals surface area contributed by atoms with E-state index in [1.54, 1.807) is 17.0 Å². The van der Waals surface area contributed by atoms with Crippen LogP contribution in [0, 0.1) is 0 Å². The molecule has 0 aromatic heterocycles. The van der Waals surface area contributed by atoms with E-state index in [4.69, 9.17) is 23.2 Å². The van der Waals surface area contributed by atoms with Crippen LogP contribution in [0.3, 0.4) is 0 Å². The topological polar surface area (TPSA) is 49.4 Å². The summed E-state index contributed by atoms with van der Waals surface area (Å²) in [6, 6.07) is 22.8. The lowest BCUT2D eigenvalue weighted by Crippen LogP contribution is -2.50. The highest BCUT2D eigenvalue weighted by Crippen LogP contribution is 2.25. The maximum Gasteiger partial charge on any atom is 0.243 e. The Morgan fingerprint density at radius 1 is 0.861 bits per heavy atom. The summed E-state index contributed by atoms with van der Waals surface area (Å²) in [6.45, 7) is 6.95. The Hall–Kier alpha value is -2.82. The molecule has 0 aliphatic rings. The smallest absolute Gasteiger partial charge is 0.243 e. The quantitative estimate of drug-likeness (QED) is 0.299. The molecular formula is C30H34Cl2N2O2. The van der Waals surface area contributed by atoms with Crippen molar-refractivity contribution in [1.29, 1.82) is 0 Å². The fourth-order valence-corrected chi connectivity index (χ4v) is 4.47. The Labute approximate surface area is 224 Å². The van der Waals surface area contributed by atoms with Crippen molar-refractivity contribution in [3.63, 3.8) is 0 Å². The monoisotopic (exact) mass is 524 g/mol. The SMILES string of the molecule is CCNC(=O)[C@@H](Cc1ccccc1)N(Cc1ccc(Cl)c(Cl)c1)C(=O)CCc1ccc(C(C)C)cc1. The van der Waals surface area contributed by atoms with Crippen molar-refractivity contribution in [3.8, 4) is 0 Å². The summed E-state index contributed by atoms with van der Waals surface area (Å²) in [5.74, 6) is 0.204. The third kappa shape index (κ3) is 7.84. The van der Waals surface area contributed by atoms with Gasteiger partial charge in [-0.25, -0.2) is 0 Å². The summed E-state index contributed by atoms with van der Waals surface area (Å²) in [7, 11) is 0. The van der Waals surface area contributed by atoms with Crippen molar-refractivity contribution < 1.29 is 9.59 Å². The average Bonchev–Trinajstić information content (AvgIpc) is 2.87. The van der Waals surface area contributed by atoms with E-state index < -0.39 is 6.04 Å². The van der Waals surface area contributed by atoms with Crippen LogP contribution < -0.4 is 5.32 Å². The molecule has 0 aliphatic carbocycles. The van der Waals surface area contributed by atoms with Gasteiger partial charge in [0.05, 0.1) is 10.0 Å². The van der Waals surface area contributed by atoms with Crippen LogP contribution in [0.5, 0.6) is 0 Å². The number of carbonyl (C=O) groups is 2. The number of nitrogens with one attached hydrogen (secondary N) is 1. The number of rotatable bonds is 11. The molecule has 1 atom stereocenters. The van der Waals surface area contributed by atoms with Crippen molar-refractivity contribution in [2.75, 3.05) is 6.54 Å². The lowest BCUT2D eigenvalue weighted by atomic mass is 9.99. The van der Waals surface area contributed by atoms with Gasteiger partial charge in [-0.3, -0.25) is 9.59 Å². The number of hydrogen-bond donors (Lipinski definition) is 1. The third-order valence-electron chi connectivity index (χ3n) is 6.23. The molecule has 0 saturated heterocycles. The van der Waals surface area contributed by atoms with Gasteiger partial charge in [0, 0.05) is 25.9 Å². The van der Waals surface area contributed by atoms with Crippen LogP contribution in [-0.4, -0.2) is 29.3 Å². The molecule has 1 N–H and O–H groups in total. The number of carbonyl (C=O) groups excluding carboxylic acids is 2. The van der Waals surface area contributed by atoms with Gasteiger partial charge in [-0.05, 0) is 53.6 Å². The molecule has 3 aromatic rings. The molecule has 0 spiro atoms. The van der Waals surface area contributed by atoms with Gasteiger partial charge in [-0.15, -0.1) is 0 Å². The van der Waals surface area contributed by atoms with Gasteiger partial charge in [0.2, 0.25) is 11.8 Å². The molecule has 0 fully saturated rings. The maximum absolute atomic E-state index is 13.7. The number of nitrogens with zero attached hydrogens (tertiary/aromatic N) is 1. The normalized spacial score (nSPS) is 11.8. The van der Waals surface area contributed by atoms with Crippen molar-refractivity contribution in [2.45, 2.75) is 58.5 Å². The van der Waals surface area contributed by atoms with Crippen LogP contribution in [0.15, 0.2) is 72.8 Å². The minimum atomic E-state index is -0.655. The van der Waals surface area contributed by atoms with Gasteiger partial charge in [0.15, 0.2) is 0 Å².